The van der Waals surface area contributed by atoms with Crippen LogP contribution in [0.4, 0.5) is 0 Å². The van der Waals surface area contributed by atoms with Gasteiger partial charge in [-0.25, -0.2) is 0 Å². The molecule has 0 aliphatic heterocycles. The van der Waals surface area contributed by atoms with Crippen LogP contribution in [0.1, 0.15) is 11.1 Å². The molecule has 1 aromatic rings. The third-order valence-electron chi connectivity index (χ3n) is 1.44. The van der Waals surface area contributed by atoms with E-state index in [0.717, 1.165) is 11.1 Å². The quantitative estimate of drug-likeness (QED) is 0.577. The molecule has 0 N–H and O–H groups in total. The van der Waals surface area contributed by atoms with Gasteiger partial charge in [-0.1, -0.05) is 49.6 Å². The Morgan fingerprint density at radius 1 is 0.917 bits per heavy atom. The molecule has 0 saturated heterocycles. The van der Waals surface area contributed by atoms with Gasteiger partial charge in [-0.2, -0.15) is 0 Å². The molecule has 1 rings (SSSR count). The molecule has 0 atom stereocenters. The first kappa shape index (κ1) is 10.3. The molecule has 0 amide bonds. The van der Waals surface area contributed by atoms with Crippen molar-refractivity contribution in [3.8, 4) is 12.8 Å². The summed E-state index contributed by atoms with van der Waals surface area (Å²) in [6, 6.07) is 8.02. The Morgan fingerprint density at radius 2 is 1.25 bits per heavy atom. The molecule has 0 radical (unpaired) electrons. The Morgan fingerprint density at radius 3 is 1.50 bits per heavy atom. The minimum atomic E-state index is 1.14. The van der Waals surface area contributed by atoms with Crippen molar-refractivity contribution in [2.45, 2.75) is 0 Å². The van der Waals surface area contributed by atoms with Crippen molar-refractivity contribution < 1.29 is 0 Å². The molecule has 12 heavy (non-hydrogen) atoms. The molecule has 0 bridgehead atoms. The van der Waals surface area contributed by atoms with Gasteiger partial charge in [-0.3, -0.25) is 0 Å². The van der Waals surface area contributed by atoms with Gasteiger partial charge in [0.25, 0.3) is 0 Å². The summed E-state index contributed by atoms with van der Waals surface area (Å²) in [6.07, 6.45) is 11.7. The first-order valence-corrected chi connectivity index (χ1v) is 3.55. The van der Waals surface area contributed by atoms with Crippen molar-refractivity contribution >= 4 is 12.2 Å². The molecule has 1 aromatic carbocycles. The summed E-state index contributed by atoms with van der Waals surface area (Å²) in [4.78, 5) is 0. The smallest absolute Gasteiger partial charge is 0.0190 e. The van der Waals surface area contributed by atoms with Gasteiger partial charge in [-0.15, -0.1) is 12.8 Å². The molecule has 0 aliphatic rings. The van der Waals surface area contributed by atoms with E-state index in [4.69, 9.17) is 0 Å². The molecule has 0 aliphatic carbocycles. The lowest BCUT2D eigenvalue weighted by Gasteiger charge is -1.96. The second-order valence-electron chi connectivity index (χ2n) is 2.04. The predicted octanol–water partition coefficient (Wildman–Crippen LogP) is 3.22. The van der Waals surface area contributed by atoms with Gasteiger partial charge in [0.05, 0.1) is 0 Å². The Hall–Kier alpha value is -1.74. The second kappa shape index (κ2) is 6.00. The summed E-state index contributed by atoms with van der Waals surface area (Å²) < 4.78 is 0. The lowest BCUT2D eigenvalue weighted by molar-refractivity contribution is 1.62. The van der Waals surface area contributed by atoms with E-state index in [1.165, 1.54) is 0 Å². The zero-order valence-corrected chi connectivity index (χ0v) is 7.03. The van der Waals surface area contributed by atoms with Crippen molar-refractivity contribution in [2.24, 2.45) is 0 Å². The molecular formula is C12H12. The summed E-state index contributed by atoms with van der Waals surface area (Å²) in [5, 5.41) is 0. The standard InChI is InChI=1S/C10H10.C2H2/c1-3-9-7-5-6-8-10(9)4-2;1-2/h3-8H,1-2H2;1-2H. The molecule has 0 heteroatoms. The van der Waals surface area contributed by atoms with E-state index in [-0.39, 0.29) is 0 Å². The van der Waals surface area contributed by atoms with Gasteiger partial charge >= 0.3 is 0 Å². The molecule has 0 spiro atoms. The van der Waals surface area contributed by atoms with E-state index in [2.05, 4.69) is 26.0 Å². The summed E-state index contributed by atoms with van der Waals surface area (Å²) in [5.74, 6) is 0. The second-order valence-corrected chi connectivity index (χ2v) is 2.04. The highest BCUT2D eigenvalue weighted by Crippen LogP contribution is 2.10. The van der Waals surface area contributed by atoms with Gasteiger partial charge in [0, 0.05) is 0 Å². The Bertz CT molecular complexity index is 252. The molecule has 0 aromatic heterocycles. The lowest BCUT2D eigenvalue weighted by Crippen LogP contribution is -1.76. The molecule has 0 heterocycles. The van der Waals surface area contributed by atoms with Gasteiger partial charge < -0.3 is 0 Å². The van der Waals surface area contributed by atoms with Crippen LogP contribution in [0.25, 0.3) is 12.2 Å². The van der Waals surface area contributed by atoms with E-state index in [0.29, 0.717) is 0 Å². The topological polar surface area (TPSA) is 0 Å². The molecule has 60 valence electrons. The molecule has 0 unspecified atom stereocenters. The predicted molar refractivity (Wildman–Crippen MR) is 56.5 cm³/mol. The third-order valence-corrected chi connectivity index (χ3v) is 1.44. The maximum Gasteiger partial charge on any atom is -0.0190 e. The summed E-state index contributed by atoms with van der Waals surface area (Å²) in [7, 11) is 0. The van der Waals surface area contributed by atoms with Crippen molar-refractivity contribution in [1.29, 1.82) is 0 Å². The van der Waals surface area contributed by atoms with Crippen LogP contribution in [-0.2, 0) is 0 Å². The van der Waals surface area contributed by atoms with Crippen LogP contribution in [-0.4, -0.2) is 0 Å². The van der Waals surface area contributed by atoms with Crippen LogP contribution in [0.2, 0.25) is 0 Å². The molecule has 0 fully saturated rings. The fourth-order valence-electron chi connectivity index (χ4n) is 0.883. The fraction of sp³-hybridized carbons (Fsp3) is 0. The lowest BCUT2D eigenvalue weighted by atomic mass is 10.1. The van der Waals surface area contributed by atoms with Crippen LogP contribution in [0.3, 0.4) is 0 Å². The van der Waals surface area contributed by atoms with Crippen molar-refractivity contribution in [2.75, 3.05) is 0 Å². The monoisotopic (exact) mass is 156 g/mol. The maximum absolute atomic E-state index is 4.00. The maximum atomic E-state index is 4.00. The SMILES string of the molecule is C#C.C=Cc1ccccc1C=C. The number of hydrogen-bond acceptors (Lipinski definition) is 0. The Kier molecular flexibility index (Phi) is 5.13. The number of hydrogen-bond donors (Lipinski definition) is 0. The average Bonchev–Trinajstić information content (AvgIpc) is 2.20. The minimum absolute atomic E-state index is 1.14. The zero-order chi connectivity index (χ0) is 9.40. The van der Waals surface area contributed by atoms with Crippen LogP contribution in [0, 0.1) is 12.8 Å². The number of rotatable bonds is 2. The zero-order valence-electron chi connectivity index (χ0n) is 7.03. The number of terminal acetylenes is 1. The van der Waals surface area contributed by atoms with Crippen LogP contribution in [0.15, 0.2) is 37.4 Å². The average molecular weight is 156 g/mol. The highest BCUT2D eigenvalue weighted by Gasteiger charge is 1.89. The molecular weight excluding hydrogens is 144 g/mol. The van der Waals surface area contributed by atoms with Crippen molar-refractivity contribution in [3.63, 3.8) is 0 Å². The van der Waals surface area contributed by atoms with Crippen molar-refractivity contribution in [1.82, 2.24) is 0 Å². The van der Waals surface area contributed by atoms with Crippen LogP contribution >= 0.6 is 0 Å². The molecule has 0 nitrogen and oxygen atoms in total. The van der Waals surface area contributed by atoms with E-state index < -0.39 is 0 Å². The van der Waals surface area contributed by atoms with E-state index in [9.17, 15) is 0 Å². The van der Waals surface area contributed by atoms with Crippen molar-refractivity contribution in [3.05, 3.63) is 48.6 Å². The van der Waals surface area contributed by atoms with E-state index in [1.807, 2.05) is 36.4 Å². The fourth-order valence-corrected chi connectivity index (χ4v) is 0.883. The highest BCUT2D eigenvalue weighted by atomic mass is 13.9. The van der Waals surface area contributed by atoms with E-state index in [1.54, 1.807) is 0 Å². The highest BCUT2D eigenvalue weighted by molar-refractivity contribution is 5.63. The largest absolute Gasteiger partial charge is 0.124 e. The van der Waals surface area contributed by atoms with Crippen LogP contribution < -0.4 is 0 Å². The molecule has 0 saturated carbocycles. The number of benzene rings is 1. The van der Waals surface area contributed by atoms with Gasteiger partial charge in [0.2, 0.25) is 0 Å². The first-order chi connectivity index (χ1) is 5.88. The summed E-state index contributed by atoms with van der Waals surface area (Å²) in [5.41, 5.74) is 2.27. The van der Waals surface area contributed by atoms with Crippen LogP contribution in [0.5, 0.6) is 0 Å². The van der Waals surface area contributed by atoms with Gasteiger partial charge in [-0.05, 0) is 11.1 Å². The normalized spacial score (nSPS) is 7.50. The summed E-state index contributed by atoms with van der Waals surface area (Å²) >= 11 is 0. The Labute approximate surface area is 74.2 Å². The van der Waals surface area contributed by atoms with E-state index >= 15 is 0 Å². The first-order valence-electron chi connectivity index (χ1n) is 3.55. The third kappa shape index (κ3) is 2.48. The minimum Gasteiger partial charge on any atom is -0.124 e. The van der Waals surface area contributed by atoms with Gasteiger partial charge in [0.15, 0.2) is 0 Å². The summed E-state index contributed by atoms with van der Waals surface area (Å²) in [6.45, 7) is 7.38. The van der Waals surface area contributed by atoms with Gasteiger partial charge in [0.1, 0.15) is 0 Å². The Balaban J connectivity index is 0.000000561.